The standard InChI is InChI=1S/C12H17NO4/c1-5-7-10(11(14)17-9(3)4)13-12(15)16-8-6-2/h1,6,9-10H,2,7-8H2,3-4H3,(H,13,15). The molecule has 0 radical (unpaired) electrons. The van der Waals surface area contributed by atoms with Gasteiger partial charge in [0.2, 0.25) is 0 Å². The highest BCUT2D eigenvalue weighted by Crippen LogP contribution is 1.99. The number of rotatable bonds is 6. The van der Waals surface area contributed by atoms with Gasteiger partial charge in [0.05, 0.1) is 6.10 Å². The van der Waals surface area contributed by atoms with Crippen molar-refractivity contribution in [2.24, 2.45) is 0 Å². The van der Waals surface area contributed by atoms with Gasteiger partial charge in [-0.2, -0.15) is 0 Å². The molecule has 0 rings (SSSR count). The van der Waals surface area contributed by atoms with Crippen molar-refractivity contribution in [3.63, 3.8) is 0 Å². The molecule has 1 N–H and O–H groups in total. The Kier molecular flexibility index (Phi) is 7.27. The lowest BCUT2D eigenvalue weighted by atomic mass is 10.2. The van der Waals surface area contributed by atoms with Crippen LogP contribution in [0, 0.1) is 12.3 Å². The van der Waals surface area contributed by atoms with E-state index in [1.54, 1.807) is 13.8 Å². The van der Waals surface area contributed by atoms with Gasteiger partial charge in [-0.15, -0.1) is 12.3 Å². The summed E-state index contributed by atoms with van der Waals surface area (Å²) in [6.07, 6.45) is 5.58. The Bertz CT molecular complexity index is 317. The third-order valence-electron chi connectivity index (χ3n) is 1.58. The van der Waals surface area contributed by atoms with Crippen LogP contribution in [0.5, 0.6) is 0 Å². The van der Waals surface area contributed by atoms with Crippen LogP contribution in [-0.4, -0.2) is 30.8 Å². The van der Waals surface area contributed by atoms with Crippen molar-refractivity contribution in [3.05, 3.63) is 12.7 Å². The largest absolute Gasteiger partial charge is 0.461 e. The summed E-state index contributed by atoms with van der Waals surface area (Å²) in [5.74, 6) is 1.72. The average Bonchev–Trinajstić information content (AvgIpc) is 2.24. The van der Waals surface area contributed by atoms with Gasteiger partial charge in [0.25, 0.3) is 0 Å². The fourth-order valence-corrected chi connectivity index (χ4v) is 0.944. The molecule has 0 aliphatic rings. The number of carbonyl (C=O) groups is 2. The van der Waals surface area contributed by atoms with E-state index in [4.69, 9.17) is 11.2 Å². The third kappa shape index (κ3) is 7.01. The van der Waals surface area contributed by atoms with Crippen LogP contribution in [0.25, 0.3) is 0 Å². The van der Waals surface area contributed by atoms with Crippen LogP contribution in [-0.2, 0) is 14.3 Å². The molecule has 0 fully saturated rings. The fourth-order valence-electron chi connectivity index (χ4n) is 0.944. The summed E-state index contributed by atoms with van der Waals surface area (Å²) < 4.78 is 9.62. The molecule has 0 aromatic carbocycles. The molecule has 5 heteroatoms. The van der Waals surface area contributed by atoms with E-state index in [-0.39, 0.29) is 19.1 Å². The van der Waals surface area contributed by atoms with Gasteiger partial charge in [-0.3, -0.25) is 0 Å². The van der Waals surface area contributed by atoms with E-state index < -0.39 is 18.1 Å². The van der Waals surface area contributed by atoms with Crippen LogP contribution in [0.4, 0.5) is 4.79 Å². The second-order valence-corrected chi connectivity index (χ2v) is 3.48. The molecule has 0 aliphatic heterocycles. The Morgan fingerprint density at radius 2 is 2.18 bits per heavy atom. The molecule has 0 saturated heterocycles. The van der Waals surface area contributed by atoms with Gasteiger partial charge in [-0.1, -0.05) is 12.7 Å². The molecule has 1 atom stereocenters. The van der Waals surface area contributed by atoms with Gasteiger partial charge in [-0.25, -0.2) is 9.59 Å². The maximum atomic E-state index is 11.5. The number of esters is 1. The van der Waals surface area contributed by atoms with E-state index in [1.165, 1.54) is 6.08 Å². The molecular formula is C12H17NO4. The maximum Gasteiger partial charge on any atom is 0.408 e. The van der Waals surface area contributed by atoms with Crippen LogP contribution in [0.2, 0.25) is 0 Å². The van der Waals surface area contributed by atoms with Crippen molar-refractivity contribution in [2.45, 2.75) is 32.4 Å². The zero-order valence-corrected chi connectivity index (χ0v) is 10.1. The van der Waals surface area contributed by atoms with Crippen LogP contribution < -0.4 is 5.32 Å². The summed E-state index contributed by atoms with van der Waals surface area (Å²) in [6, 6.07) is -0.889. The predicted octanol–water partition coefficient (Wildman–Crippen LogP) is 1.24. The Hall–Kier alpha value is -1.96. The number of carbonyl (C=O) groups excluding carboxylic acids is 2. The van der Waals surface area contributed by atoms with Crippen molar-refractivity contribution >= 4 is 12.1 Å². The minimum absolute atomic E-state index is 0.0503. The Morgan fingerprint density at radius 1 is 1.53 bits per heavy atom. The molecule has 0 aliphatic carbocycles. The average molecular weight is 239 g/mol. The maximum absolute atomic E-state index is 11.5. The molecule has 0 saturated carbocycles. The summed E-state index contributed by atoms with van der Waals surface area (Å²) in [6.45, 7) is 6.88. The smallest absolute Gasteiger partial charge is 0.408 e. The topological polar surface area (TPSA) is 64.6 Å². The second-order valence-electron chi connectivity index (χ2n) is 3.48. The SMILES string of the molecule is C#CCC(NC(=O)OCC=C)C(=O)OC(C)C. The molecule has 1 amide bonds. The first-order valence-corrected chi connectivity index (χ1v) is 5.19. The van der Waals surface area contributed by atoms with E-state index in [9.17, 15) is 9.59 Å². The number of hydrogen-bond acceptors (Lipinski definition) is 4. The number of amides is 1. The molecule has 0 aromatic heterocycles. The number of ether oxygens (including phenoxy) is 2. The Balaban J connectivity index is 4.32. The van der Waals surface area contributed by atoms with Crippen LogP contribution >= 0.6 is 0 Å². The fraction of sp³-hybridized carbons (Fsp3) is 0.500. The lowest BCUT2D eigenvalue weighted by Crippen LogP contribution is -2.42. The molecule has 17 heavy (non-hydrogen) atoms. The molecule has 0 aromatic rings. The zero-order valence-electron chi connectivity index (χ0n) is 10.1. The van der Waals surface area contributed by atoms with Gasteiger partial charge in [0.1, 0.15) is 12.6 Å². The van der Waals surface area contributed by atoms with Crippen molar-refractivity contribution in [1.82, 2.24) is 5.32 Å². The van der Waals surface area contributed by atoms with Crippen LogP contribution in [0.15, 0.2) is 12.7 Å². The third-order valence-corrected chi connectivity index (χ3v) is 1.58. The van der Waals surface area contributed by atoms with Gasteiger partial charge in [0.15, 0.2) is 0 Å². The monoisotopic (exact) mass is 239 g/mol. The summed E-state index contributed by atoms with van der Waals surface area (Å²) in [4.78, 5) is 22.8. The first kappa shape index (κ1) is 15.0. The van der Waals surface area contributed by atoms with Crippen LogP contribution in [0.1, 0.15) is 20.3 Å². The highest BCUT2D eigenvalue weighted by Gasteiger charge is 2.22. The van der Waals surface area contributed by atoms with Crippen molar-refractivity contribution in [1.29, 1.82) is 0 Å². The molecular weight excluding hydrogens is 222 g/mol. The predicted molar refractivity (Wildman–Crippen MR) is 63.1 cm³/mol. The summed E-state index contributed by atoms with van der Waals surface area (Å²) in [5, 5.41) is 2.33. The quantitative estimate of drug-likeness (QED) is 0.430. The van der Waals surface area contributed by atoms with E-state index in [1.807, 2.05) is 0 Å². The van der Waals surface area contributed by atoms with Crippen LogP contribution in [0.3, 0.4) is 0 Å². The van der Waals surface area contributed by atoms with E-state index in [0.29, 0.717) is 0 Å². The molecule has 0 bridgehead atoms. The molecule has 94 valence electrons. The molecule has 5 nitrogen and oxygen atoms in total. The van der Waals surface area contributed by atoms with Gasteiger partial charge >= 0.3 is 12.1 Å². The number of terminal acetylenes is 1. The lowest BCUT2D eigenvalue weighted by Gasteiger charge is -2.16. The Morgan fingerprint density at radius 3 is 2.65 bits per heavy atom. The first-order valence-electron chi connectivity index (χ1n) is 5.19. The van der Waals surface area contributed by atoms with Gasteiger partial charge in [-0.05, 0) is 13.8 Å². The number of hydrogen-bond donors (Lipinski definition) is 1. The minimum atomic E-state index is -0.889. The van der Waals surface area contributed by atoms with E-state index >= 15 is 0 Å². The second kappa shape index (κ2) is 8.22. The molecule has 0 heterocycles. The lowest BCUT2D eigenvalue weighted by molar-refractivity contribution is -0.149. The molecule has 1 unspecified atom stereocenters. The van der Waals surface area contributed by atoms with E-state index in [0.717, 1.165) is 0 Å². The molecule has 0 spiro atoms. The normalized spacial score (nSPS) is 11.2. The first-order chi connectivity index (χ1) is 8.01. The summed E-state index contributed by atoms with van der Waals surface area (Å²) in [5.41, 5.74) is 0. The highest BCUT2D eigenvalue weighted by atomic mass is 16.6. The van der Waals surface area contributed by atoms with Gasteiger partial charge in [0, 0.05) is 6.42 Å². The number of nitrogens with one attached hydrogen (secondary N) is 1. The number of alkyl carbamates (subject to hydrolysis) is 1. The summed E-state index contributed by atoms with van der Waals surface area (Å²) in [7, 11) is 0. The van der Waals surface area contributed by atoms with Crippen molar-refractivity contribution < 1.29 is 19.1 Å². The van der Waals surface area contributed by atoms with Crippen molar-refractivity contribution in [3.8, 4) is 12.3 Å². The summed E-state index contributed by atoms with van der Waals surface area (Å²) >= 11 is 0. The zero-order chi connectivity index (χ0) is 13.3. The minimum Gasteiger partial charge on any atom is -0.461 e. The van der Waals surface area contributed by atoms with Crippen molar-refractivity contribution in [2.75, 3.05) is 6.61 Å². The van der Waals surface area contributed by atoms with Gasteiger partial charge < -0.3 is 14.8 Å². The highest BCUT2D eigenvalue weighted by molar-refractivity contribution is 5.81. The van der Waals surface area contributed by atoms with E-state index in [2.05, 4.69) is 22.6 Å². The Labute approximate surface area is 101 Å².